The molecular formula is C24H33N3O5S. The molecule has 0 radical (unpaired) electrons. The van der Waals surface area contributed by atoms with Gasteiger partial charge in [-0.3, -0.25) is 4.79 Å². The molecule has 0 spiro atoms. The topological polar surface area (TPSA) is 112 Å². The molecule has 3 N–H and O–H groups in total. The molecule has 5 aliphatic rings. The Morgan fingerprint density at radius 3 is 2.70 bits per heavy atom. The van der Waals surface area contributed by atoms with E-state index in [-0.39, 0.29) is 18.1 Å². The number of aliphatic hydroxyl groups is 1. The number of rotatable bonds is 7. The number of nitrogens with zero attached hydrogens (tertiary/aromatic N) is 2. The molecule has 1 aromatic heterocycles. The number of anilines is 1. The number of carboxylic acid groups (broad SMARTS) is 1. The van der Waals surface area contributed by atoms with Crippen LogP contribution in [0.15, 0.2) is 17.2 Å². The zero-order chi connectivity index (χ0) is 23.2. The van der Waals surface area contributed by atoms with Gasteiger partial charge in [0.1, 0.15) is 16.9 Å². The van der Waals surface area contributed by atoms with Crippen molar-refractivity contribution in [1.29, 1.82) is 0 Å². The van der Waals surface area contributed by atoms with Gasteiger partial charge in [0.15, 0.2) is 0 Å². The van der Waals surface area contributed by atoms with Crippen molar-refractivity contribution >= 4 is 29.6 Å². The second-order valence-electron chi connectivity index (χ2n) is 10.3. The normalized spacial score (nSPS) is 34.5. The fourth-order valence-electron chi connectivity index (χ4n) is 6.71. The van der Waals surface area contributed by atoms with Gasteiger partial charge in [0.25, 0.3) is 5.91 Å². The lowest BCUT2D eigenvalue weighted by molar-refractivity contribution is -0.136. The van der Waals surface area contributed by atoms with Crippen molar-refractivity contribution in [3.63, 3.8) is 0 Å². The smallest absolute Gasteiger partial charge is 0.450 e. The second-order valence-corrected chi connectivity index (χ2v) is 11.4. The van der Waals surface area contributed by atoms with Crippen molar-refractivity contribution in [2.24, 2.45) is 17.8 Å². The molecule has 1 aliphatic heterocycles. The fraction of sp³-hybridized carbons (Fsp3) is 0.708. The highest BCUT2D eigenvalue weighted by molar-refractivity contribution is 7.99. The van der Waals surface area contributed by atoms with Crippen LogP contribution < -0.4 is 10.2 Å². The average Bonchev–Trinajstić information content (AvgIpc) is 3.21. The van der Waals surface area contributed by atoms with Gasteiger partial charge in [0.05, 0.1) is 17.7 Å². The molecule has 6 rings (SSSR count). The molecule has 8 nitrogen and oxygen atoms in total. The van der Waals surface area contributed by atoms with E-state index in [4.69, 9.17) is 14.8 Å². The summed E-state index contributed by atoms with van der Waals surface area (Å²) in [6, 6.07) is 3.84. The number of carbonyl (C=O) groups excluding carboxylic acids is 1. The maximum absolute atomic E-state index is 13.4. The zero-order valence-electron chi connectivity index (χ0n) is 19.0. The summed E-state index contributed by atoms with van der Waals surface area (Å²) in [5.74, 6) is 2.86. The summed E-state index contributed by atoms with van der Waals surface area (Å²) >= 11 is 1.59. The zero-order valence-corrected chi connectivity index (χ0v) is 19.9. The Bertz CT molecular complexity index is 911. The molecule has 4 bridgehead atoms. The standard InChI is InChI=1S/C24H33N3O5S/c1-2-7-33-22-18(3-4-19(25-22)27-6-5-17(13-27)32-23(29)30)21(28)26-20-15-8-14-9-16(20)12-24(31,10-14)11-15/h3-4,14-17,20,31H,2,5-13H2,1H3,(H,26,28)(H,29,30). The van der Waals surface area contributed by atoms with Gasteiger partial charge in [-0.2, -0.15) is 0 Å². The minimum Gasteiger partial charge on any atom is -0.450 e. The highest BCUT2D eigenvalue weighted by atomic mass is 32.2. The van der Waals surface area contributed by atoms with Crippen LogP contribution in [0.2, 0.25) is 0 Å². The van der Waals surface area contributed by atoms with Crippen molar-refractivity contribution in [2.45, 2.75) is 74.6 Å². The first-order valence-electron chi connectivity index (χ1n) is 12.1. The molecule has 1 amide bonds. The fourth-order valence-corrected chi connectivity index (χ4v) is 7.58. The van der Waals surface area contributed by atoms with Crippen LogP contribution in [0.4, 0.5) is 10.6 Å². The number of hydrogen-bond acceptors (Lipinski definition) is 7. The predicted octanol–water partition coefficient (Wildman–Crippen LogP) is 3.53. The molecule has 3 unspecified atom stereocenters. The van der Waals surface area contributed by atoms with Crippen LogP contribution >= 0.6 is 11.8 Å². The summed E-state index contributed by atoms with van der Waals surface area (Å²) < 4.78 is 4.92. The molecule has 9 heteroatoms. The number of carbonyl (C=O) groups is 2. The Labute approximate surface area is 198 Å². The number of hydrogen-bond donors (Lipinski definition) is 3. The van der Waals surface area contributed by atoms with E-state index in [9.17, 15) is 14.7 Å². The second kappa shape index (κ2) is 8.98. The van der Waals surface area contributed by atoms with Crippen molar-refractivity contribution in [1.82, 2.24) is 10.3 Å². The van der Waals surface area contributed by atoms with Crippen LogP contribution in [0.3, 0.4) is 0 Å². The molecule has 4 saturated carbocycles. The Morgan fingerprint density at radius 1 is 1.27 bits per heavy atom. The van der Waals surface area contributed by atoms with Crippen LogP contribution in [0, 0.1) is 17.8 Å². The monoisotopic (exact) mass is 475 g/mol. The van der Waals surface area contributed by atoms with Gasteiger partial charge in [-0.1, -0.05) is 6.92 Å². The number of ether oxygens (including phenoxy) is 1. The highest BCUT2D eigenvalue weighted by Gasteiger charge is 2.55. The van der Waals surface area contributed by atoms with Crippen molar-refractivity contribution in [3.05, 3.63) is 17.7 Å². The predicted molar refractivity (Wildman–Crippen MR) is 125 cm³/mol. The van der Waals surface area contributed by atoms with Gasteiger partial charge >= 0.3 is 6.16 Å². The lowest BCUT2D eigenvalue weighted by Crippen LogP contribution is -2.61. The molecule has 33 heavy (non-hydrogen) atoms. The largest absolute Gasteiger partial charge is 0.506 e. The van der Waals surface area contributed by atoms with E-state index in [0.717, 1.165) is 55.1 Å². The summed E-state index contributed by atoms with van der Waals surface area (Å²) in [5, 5.41) is 23.8. The highest BCUT2D eigenvalue weighted by Crippen LogP contribution is 2.55. The maximum Gasteiger partial charge on any atom is 0.506 e. The van der Waals surface area contributed by atoms with E-state index in [0.29, 0.717) is 42.8 Å². The summed E-state index contributed by atoms with van der Waals surface area (Å²) in [4.78, 5) is 31.1. The van der Waals surface area contributed by atoms with Crippen LogP contribution in [0.1, 0.15) is 62.2 Å². The van der Waals surface area contributed by atoms with E-state index in [1.807, 2.05) is 17.0 Å². The van der Waals surface area contributed by atoms with Crippen molar-refractivity contribution in [2.75, 3.05) is 23.7 Å². The number of amides is 1. The van der Waals surface area contributed by atoms with Gasteiger partial charge in [-0.05, 0) is 74.2 Å². The molecule has 0 aromatic carbocycles. The summed E-state index contributed by atoms with van der Waals surface area (Å²) in [5.41, 5.74) is 0.0864. The average molecular weight is 476 g/mol. The SMILES string of the molecule is CCCSc1nc(N2CCC(OC(=O)O)C2)ccc1C(=O)NC1C2CC3CC1CC(O)(C3)C2. The minimum absolute atomic E-state index is 0.0781. The van der Waals surface area contributed by atoms with Crippen molar-refractivity contribution in [3.8, 4) is 0 Å². The first-order chi connectivity index (χ1) is 15.8. The molecule has 4 aliphatic carbocycles. The molecular weight excluding hydrogens is 442 g/mol. The van der Waals surface area contributed by atoms with Crippen LogP contribution in [0.5, 0.6) is 0 Å². The van der Waals surface area contributed by atoms with E-state index < -0.39 is 11.8 Å². The van der Waals surface area contributed by atoms with E-state index >= 15 is 0 Å². The molecule has 2 heterocycles. The van der Waals surface area contributed by atoms with Crippen molar-refractivity contribution < 1.29 is 24.5 Å². The lowest BCUT2D eigenvalue weighted by Gasteiger charge is -2.58. The summed E-state index contributed by atoms with van der Waals surface area (Å²) in [7, 11) is 0. The molecule has 1 aromatic rings. The van der Waals surface area contributed by atoms with Gasteiger partial charge in [0.2, 0.25) is 0 Å². The Hall–Kier alpha value is -2.00. The molecule has 180 valence electrons. The molecule has 1 saturated heterocycles. The van der Waals surface area contributed by atoms with Crippen LogP contribution in [-0.2, 0) is 4.74 Å². The third-order valence-corrected chi connectivity index (χ3v) is 9.01. The van der Waals surface area contributed by atoms with Crippen LogP contribution in [-0.4, -0.2) is 63.8 Å². The third kappa shape index (κ3) is 4.67. The number of nitrogens with one attached hydrogen (secondary N) is 1. The first kappa shape index (κ1) is 22.8. The lowest BCUT2D eigenvalue weighted by atomic mass is 9.52. The maximum atomic E-state index is 13.4. The van der Waals surface area contributed by atoms with Gasteiger partial charge < -0.3 is 25.2 Å². The number of thioether (sulfide) groups is 1. The third-order valence-electron chi connectivity index (χ3n) is 7.81. The van der Waals surface area contributed by atoms with Crippen LogP contribution in [0.25, 0.3) is 0 Å². The van der Waals surface area contributed by atoms with Gasteiger partial charge in [0, 0.05) is 19.0 Å². The molecule has 5 fully saturated rings. The Kier molecular flexibility index (Phi) is 6.20. The van der Waals surface area contributed by atoms with E-state index in [1.165, 1.54) is 0 Å². The van der Waals surface area contributed by atoms with E-state index in [2.05, 4.69) is 12.2 Å². The summed E-state index contributed by atoms with van der Waals surface area (Å²) in [6.07, 6.45) is 4.73. The van der Waals surface area contributed by atoms with Gasteiger partial charge in [-0.15, -0.1) is 11.8 Å². The van der Waals surface area contributed by atoms with E-state index in [1.54, 1.807) is 11.8 Å². The molecule has 3 atom stereocenters. The number of aromatic nitrogens is 1. The minimum atomic E-state index is -1.25. The Balaban J connectivity index is 1.31. The number of pyridine rings is 1. The van der Waals surface area contributed by atoms with Gasteiger partial charge in [-0.25, -0.2) is 9.78 Å². The Morgan fingerprint density at radius 2 is 2.03 bits per heavy atom. The summed E-state index contributed by atoms with van der Waals surface area (Å²) in [6.45, 7) is 3.24. The quantitative estimate of drug-likeness (QED) is 0.406. The first-order valence-corrected chi connectivity index (χ1v) is 13.1.